The van der Waals surface area contributed by atoms with E-state index in [0.717, 1.165) is 0 Å². The molecule has 2 aromatic carbocycles. The van der Waals surface area contributed by atoms with E-state index in [-0.39, 0.29) is 20.6 Å². The number of benzene rings is 2. The van der Waals surface area contributed by atoms with Crippen LogP contribution in [0.4, 0.5) is 8.78 Å². The molecule has 1 N–H and O–H groups in total. The van der Waals surface area contributed by atoms with Crippen molar-refractivity contribution in [2.75, 3.05) is 0 Å². The lowest BCUT2D eigenvalue weighted by molar-refractivity contribution is 0.213. The summed E-state index contributed by atoms with van der Waals surface area (Å²) in [6, 6.07) is 7.11. The van der Waals surface area contributed by atoms with E-state index in [1.165, 1.54) is 30.3 Å². The maximum atomic E-state index is 14.0. The van der Waals surface area contributed by atoms with Crippen LogP contribution in [0.2, 0.25) is 5.02 Å². The van der Waals surface area contributed by atoms with Gasteiger partial charge >= 0.3 is 0 Å². The molecule has 0 radical (unpaired) electrons. The molecule has 0 aromatic heterocycles. The molecule has 19 heavy (non-hydrogen) atoms. The van der Waals surface area contributed by atoms with Crippen molar-refractivity contribution in [3.63, 3.8) is 0 Å². The number of halogens is 5. The Morgan fingerprint density at radius 3 is 2.42 bits per heavy atom. The monoisotopic (exact) mass is 410 g/mol. The molecule has 0 aliphatic carbocycles. The lowest BCUT2D eigenvalue weighted by Gasteiger charge is -2.15. The topological polar surface area (TPSA) is 20.2 Å². The van der Waals surface area contributed by atoms with E-state index in [1.807, 2.05) is 0 Å². The molecular formula is C13H7Br2ClF2O. The van der Waals surface area contributed by atoms with Crippen molar-refractivity contribution in [2.24, 2.45) is 0 Å². The molecule has 1 unspecified atom stereocenters. The van der Waals surface area contributed by atoms with E-state index < -0.39 is 17.7 Å². The highest BCUT2D eigenvalue weighted by Crippen LogP contribution is 2.35. The fourth-order valence-corrected chi connectivity index (χ4v) is 2.61. The van der Waals surface area contributed by atoms with Crippen molar-refractivity contribution in [2.45, 2.75) is 6.10 Å². The van der Waals surface area contributed by atoms with Crippen LogP contribution in [0.25, 0.3) is 0 Å². The first kappa shape index (κ1) is 14.9. The second-order valence-corrected chi connectivity index (χ2v) is 5.84. The molecule has 0 aliphatic heterocycles. The quantitative estimate of drug-likeness (QED) is 0.670. The SMILES string of the molecule is OC(c1ccc(Br)c(Cl)c1F)c1cccc(F)c1Br. The van der Waals surface area contributed by atoms with Gasteiger partial charge in [0, 0.05) is 15.6 Å². The van der Waals surface area contributed by atoms with E-state index in [4.69, 9.17) is 11.6 Å². The molecule has 0 amide bonds. The highest BCUT2D eigenvalue weighted by molar-refractivity contribution is 9.10. The van der Waals surface area contributed by atoms with Crippen molar-refractivity contribution in [1.29, 1.82) is 0 Å². The van der Waals surface area contributed by atoms with Gasteiger partial charge in [-0.25, -0.2) is 8.78 Å². The molecular weight excluding hydrogens is 405 g/mol. The average Bonchev–Trinajstić information content (AvgIpc) is 2.39. The molecule has 0 fully saturated rings. The summed E-state index contributed by atoms with van der Waals surface area (Å²) in [4.78, 5) is 0. The van der Waals surface area contributed by atoms with Crippen LogP contribution >= 0.6 is 43.5 Å². The van der Waals surface area contributed by atoms with E-state index in [1.54, 1.807) is 0 Å². The molecule has 0 saturated heterocycles. The van der Waals surface area contributed by atoms with Crippen LogP contribution in [0.3, 0.4) is 0 Å². The van der Waals surface area contributed by atoms with Gasteiger partial charge in [-0.3, -0.25) is 0 Å². The number of hydrogen-bond donors (Lipinski definition) is 1. The molecule has 0 aliphatic rings. The van der Waals surface area contributed by atoms with Gasteiger partial charge < -0.3 is 5.11 Å². The number of rotatable bonds is 2. The molecule has 1 nitrogen and oxygen atoms in total. The van der Waals surface area contributed by atoms with Crippen molar-refractivity contribution in [1.82, 2.24) is 0 Å². The minimum absolute atomic E-state index is 0.0144. The highest BCUT2D eigenvalue weighted by Gasteiger charge is 2.21. The first-order valence-electron chi connectivity index (χ1n) is 5.19. The zero-order valence-corrected chi connectivity index (χ0v) is 13.2. The van der Waals surface area contributed by atoms with E-state index in [0.29, 0.717) is 4.47 Å². The Balaban J connectivity index is 2.53. The third-order valence-corrected chi connectivity index (χ3v) is 4.73. The number of aliphatic hydroxyl groups excluding tert-OH is 1. The fraction of sp³-hybridized carbons (Fsp3) is 0.0769. The molecule has 1 atom stereocenters. The summed E-state index contributed by atoms with van der Waals surface area (Å²) in [5.74, 6) is -1.26. The summed E-state index contributed by atoms with van der Waals surface area (Å²) < 4.78 is 27.9. The molecule has 100 valence electrons. The van der Waals surface area contributed by atoms with Crippen LogP contribution in [0.15, 0.2) is 39.3 Å². The lowest BCUT2D eigenvalue weighted by atomic mass is 10.0. The minimum Gasteiger partial charge on any atom is -0.384 e. The lowest BCUT2D eigenvalue weighted by Crippen LogP contribution is -2.05. The summed E-state index contributed by atoms with van der Waals surface area (Å²) in [5.41, 5.74) is 0.219. The molecule has 0 spiro atoms. The van der Waals surface area contributed by atoms with Gasteiger partial charge in [0.2, 0.25) is 0 Å². The van der Waals surface area contributed by atoms with Crippen LogP contribution in [-0.4, -0.2) is 5.11 Å². The molecule has 0 saturated carbocycles. The predicted octanol–water partition coefficient (Wildman–Crippen LogP) is 5.22. The second kappa shape index (κ2) is 5.87. The van der Waals surface area contributed by atoms with Gasteiger partial charge in [0.25, 0.3) is 0 Å². The summed E-state index contributed by atoms with van der Waals surface area (Å²) >= 11 is 11.9. The van der Waals surface area contributed by atoms with Crippen LogP contribution < -0.4 is 0 Å². The van der Waals surface area contributed by atoms with Crippen LogP contribution in [0.5, 0.6) is 0 Å². The van der Waals surface area contributed by atoms with Crippen molar-refractivity contribution in [3.05, 3.63) is 67.1 Å². The van der Waals surface area contributed by atoms with Gasteiger partial charge in [0.1, 0.15) is 17.7 Å². The van der Waals surface area contributed by atoms with Crippen molar-refractivity contribution in [3.8, 4) is 0 Å². The van der Waals surface area contributed by atoms with Crippen molar-refractivity contribution >= 4 is 43.5 Å². The average molecular weight is 412 g/mol. The Morgan fingerprint density at radius 2 is 1.74 bits per heavy atom. The first-order valence-corrected chi connectivity index (χ1v) is 7.15. The van der Waals surface area contributed by atoms with Gasteiger partial charge in [-0.05, 0) is 44.0 Å². The minimum atomic E-state index is -1.31. The van der Waals surface area contributed by atoms with E-state index in [2.05, 4.69) is 31.9 Å². The Bertz CT molecular complexity index is 634. The standard InChI is InChI=1S/C13H7Br2ClF2O/c14-8-5-4-7(12(18)11(8)16)13(19)6-2-1-3-9(17)10(6)15/h1-5,13,19H. The van der Waals surface area contributed by atoms with Crippen LogP contribution in [-0.2, 0) is 0 Å². The van der Waals surface area contributed by atoms with E-state index >= 15 is 0 Å². The smallest absolute Gasteiger partial charge is 0.149 e. The highest BCUT2D eigenvalue weighted by atomic mass is 79.9. The number of hydrogen-bond acceptors (Lipinski definition) is 1. The Kier molecular flexibility index (Phi) is 4.61. The predicted molar refractivity (Wildman–Crippen MR) is 77.3 cm³/mol. The molecule has 6 heteroatoms. The fourth-order valence-electron chi connectivity index (χ4n) is 1.65. The van der Waals surface area contributed by atoms with Gasteiger partial charge in [-0.1, -0.05) is 29.8 Å². The van der Waals surface area contributed by atoms with Gasteiger partial charge in [-0.15, -0.1) is 0 Å². The van der Waals surface area contributed by atoms with Gasteiger partial charge in [0.15, 0.2) is 0 Å². The number of aliphatic hydroxyl groups is 1. The zero-order chi connectivity index (χ0) is 14.2. The summed E-state index contributed by atoms with van der Waals surface area (Å²) in [5, 5.41) is 10.1. The van der Waals surface area contributed by atoms with E-state index in [9.17, 15) is 13.9 Å². The normalized spacial score (nSPS) is 12.5. The Labute approximate surface area is 130 Å². The molecule has 2 rings (SSSR count). The molecule has 0 bridgehead atoms. The third kappa shape index (κ3) is 2.84. The Morgan fingerprint density at radius 1 is 1.05 bits per heavy atom. The van der Waals surface area contributed by atoms with Crippen LogP contribution in [0, 0.1) is 11.6 Å². The maximum Gasteiger partial charge on any atom is 0.149 e. The zero-order valence-electron chi connectivity index (χ0n) is 9.30. The second-order valence-electron chi connectivity index (χ2n) is 3.81. The van der Waals surface area contributed by atoms with Gasteiger partial charge in [0.05, 0.1) is 9.50 Å². The summed E-state index contributed by atoms with van der Waals surface area (Å²) in [6.07, 6.45) is -1.31. The van der Waals surface area contributed by atoms with Gasteiger partial charge in [-0.2, -0.15) is 0 Å². The third-order valence-electron chi connectivity index (χ3n) is 2.64. The summed E-state index contributed by atoms with van der Waals surface area (Å²) in [7, 11) is 0. The summed E-state index contributed by atoms with van der Waals surface area (Å²) in [6.45, 7) is 0. The maximum absolute atomic E-state index is 14.0. The molecule has 0 heterocycles. The van der Waals surface area contributed by atoms with Crippen LogP contribution in [0.1, 0.15) is 17.2 Å². The largest absolute Gasteiger partial charge is 0.384 e. The first-order chi connectivity index (χ1) is 8.93. The Hall–Kier alpha value is -0.490. The molecule has 2 aromatic rings. The van der Waals surface area contributed by atoms with Crippen molar-refractivity contribution < 1.29 is 13.9 Å².